The Balaban J connectivity index is 2.26. The first-order valence-corrected chi connectivity index (χ1v) is 6.54. The Kier molecular flexibility index (Phi) is 7.62. The summed E-state index contributed by atoms with van der Waals surface area (Å²) >= 11 is 0. The number of benzene rings is 1. The van der Waals surface area contributed by atoms with Crippen molar-refractivity contribution in [3.63, 3.8) is 0 Å². The number of nitrogens with zero attached hydrogens (tertiary/aromatic N) is 1. The maximum atomic E-state index is 8.63. The number of amidine groups is 1. The van der Waals surface area contributed by atoms with E-state index in [9.17, 15) is 0 Å². The van der Waals surface area contributed by atoms with Crippen LogP contribution in [0.25, 0.3) is 0 Å². The zero-order chi connectivity index (χ0) is 13.9. The summed E-state index contributed by atoms with van der Waals surface area (Å²) in [6, 6.07) is 7.67. The van der Waals surface area contributed by atoms with Crippen LogP contribution in [0.4, 0.5) is 0 Å². The highest BCUT2D eigenvalue weighted by atomic mass is 16.5. The molecule has 0 radical (unpaired) electrons. The summed E-state index contributed by atoms with van der Waals surface area (Å²) in [7, 11) is 1.73. The largest absolute Gasteiger partial charge is 0.409 e. The van der Waals surface area contributed by atoms with E-state index < -0.39 is 0 Å². The van der Waals surface area contributed by atoms with E-state index in [0.29, 0.717) is 0 Å². The molecule has 0 aromatic heterocycles. The smallest absolute Gasteiger partial charge is 0.170 e. The minimum Gasteiger partial charge on any atom is -0.409 e. The van der Waals surface area contributed by atoms with Crippen LogP contribution in [0.1, 0.15) is 30.4 Å². The maximum Gasteiger partial charge on any atom is 0.170 e. The van der Waals surface area contributed by atoms with Crippen LogP contribution in [0.5, 0.6) is 0 Å². The summed E-state index contributed by atoms with van der Waals surface area (Å²) in [5.41, 5.74) is 7.42. The lowest BCUT2D eigenvalue weighted by Crippen LogP contribution is -2.16. The van der Waals surface area contributed by atoms with Gasteiger partial charge in [-0.3, -0.25) is 0 Å². The molecule has 0 saturated heterocycles. The number of oxime groups is 1. The molecule has 0 amide bonds. The van der Waals surface area contributed by atoms with Crippen LogP contribution in [0, 0.1) is 0 Å². The first-order valence-electron chi connectivity index (χ1n) is 6.54. The van der Waals surface area contributed by atoms with Crippen molar-refractivity contribution < 1.29 is 9.94 Å². The number of unbranched alkanes of at least 4 members (excludes halogenated alkanes) is 2. The Morgan fingerprint density at radius 3 is 2.95 bits per heavy atom. The Morgan fingerprint density at radius 1 is 1.37 bits per heavy atom. The molecule has 0 unspecified atom stereocenters. The molecule has 4 N–H and O–H groups in total. The van der Waals surface area contributed by atoms with Crippen LogP contribution in [-0.2, 0) is 11.3 Å². The topological polar surface area (TPSA) is 79.9 Å². The summed E-state index contributed by atoms with van der Waals surface area (Å²) in [5.74, 6) is 0.140. The van der Waals surface area contributed by atoms with Crippen molar-refractivity contribution in [1.29, 1.82) is 0 Å². The van der Waals surface area contributed by atoms with Gasteiger partial charge in [0.25, 0.3) is 0 Å². The van der Waals surface area contributed by atoms with Crippen LogP contribution < -0.4 is 11.1 Å². The molecule has 0 fully saturated rings. The van der Waals surface area contributed by atoms with E-state index in [1.54, 1.807) is 7.11 Å². The van der Waals surface area contributed by atoms with Gasteiger partial charge in [0, 0.05) is 25.8 Å². The van der Waals surface area contributed by atoms with Crippen molar-refractivity contribution in [3.05, 3.63) is 35.4 Å². The molecule has 0 aliphatic carbocycles. The fourth-order valence-electron chi connectivity index (χ4n) is 1.80. The Hall–Kier alpha value is -1.59. The number of hydrogen-bond acceptors (Lipinski definition) is 4. The second-order valence-electron chi connectivity index (χ2n) is 4.42. The van der Waals surface area contributed by atoms with Gasteiger partial charge in [-0.25, -0.2) is 0 Å². The molecule has 5 nitrogen and oxygen atoms in total. The summed E-state index contributed by atoms with van der Waals surface area (Å²) in [5, 5.41) is 15.0. The molecule has 1 rings (SSSR count). The molecule has 0 aliphatic rings. The molecule has 0 heterocycles. The van der Waals surface area contributed by atoms with E-state index in [1.807, 2.05) is 24.3 Å². The van der Waals surface area contributed by atoms with Gasteiger partial charge < -0.3 is 21.0 Å². The van der Waals surface area contributed by atoms with Crippen molar-refractivity contribution in [3.8, 4) is 0 Å². The third-order valence-electron chi connectivity index (χ3n) is 2.86. The third-order valence-corrected chi connectivity index (χ3v) is 2.86. The minimum absolute atomic E-state index is 0.140. The van der Waals surface area contributed by atoms with Crippen LogP contribution in [0.2, 0.25) is 0 Å². The number of methoxy groups -OCH3 is 1. The summed E-state index contributed by atoms with van der Waals surface area (Å²) in [6.07, 6.45) is 3.42. The first kappa shape index (κ1) is 15.5. The molecule has 106 valence electrons. The van der Waals surface area contributed by atoms with Crippen LogP contribution in [0.3, 0.4) is 0 Å². The fraction of sp³-hybridized carbons (Fsp3) is 0.500. The maximum absolute atomic E-state index is 8.63. The predicted octanol–water partition coefficient (Wildman–Crippen LogP) is 1.69. The van der Waals surface area contributed by atoms with E-state index in [-0.39, 0.29) is 5.84 Å². The number of nitrogens with two attached hydrogens (primary N) is 1. The predicted molar refractivity (Wildman–Crippen MR) is 76.4 cm³/mol. The molecule has 0 aliphatic heterocycles. The van der Waals surface area contributed by atoms with Crippen molar-refractivity contribution in [1.82, 2.24) is 5.32 Å². The van der Waals surface area contributed by atoms with E-state index in [1.165, 1.54) is 6.42 Å². The normalized spacial score (nSPS) is 11.7. The van der Waals surface area contributed by atoms with Crippen molar-refractivity contribution in [2.24, 2.45) is 10.9 Å². The molecular weight excluding hydrogens is 242 g/mol. The van der Waals surface area contributed by atoms with E-state index >= 15 is 0 Å². The van der Waals surface area contributed by atoms with Gasteiger partial charge in [0.15, 0.2) is 5.84 Å². The van der Waals surface area contributed by atoms with E-state index in [2.05, 4.69) is 10.5 Å². The monoisotopic (exact) mass is 265 g/mol. The van der Waals surface area contributed by atoms with Crippen LogP contribution in [0.15, 0.2) is 29.4 Å². The minimum atomic E-state index is 0.140. The average molecular weight is 265 g/mol. The van der Waals surface area contributed by atoms with E-state index in [0.717, 1.165) is 43.7 Å². The fourth-order valence-corrected chi connectivity index (χ4v) is 1.80. The first-order chi connectivity index (χ1) is 9.27. The average Bonchev–Trinajstić information content (AvgIpc) is 2.46. The summed E-state index contributed by atoms with van der Waals surface area (Å²) < 4.78 is 5.00. The highest BCUT2D eigenvalue weighted by Gasteiger charge is 2.00. The molecule has 0 bridgehead atoms. The van der Waals surface area contributed by atoms with Gasteiger partial charge in [-0.05, 0) is 37.4 Å². The zero-order valence-electron chi connectivity index (χ0n) is 11.4. The second kappa shape index (κ2) is 9.35. The Morgan fingerprint density at radius 2 is 2.21 bits per heavy atom. The number of rotatable bonds is 9. The zero-order valence-corrected chi connectivity index (χ0v) is 11.4. The van der Waals surface area contributed by atoms with Crippen LogP contribution >= 0.6 is 0 Å². The quantitative estimate of drug-likeness (QED) is 0.209. The molecule has 0 spiro atoms. The highest BCUT2D eigenvalue weighted by molar-refractivity contribution is 5.97. The lowest BCUT2D eigenvalue weighted by molar-refractivity contribution is 0.192. The highest BCUT2D eigenvalue weighted by Crippen LogP contribution is 2.05. The summed E-state index contributed by atoms with van der Waals surface area (Å²) in [4.78, 5) is 0. The van der Waals surface area contributed by atoms with Gasteiger partial charge in [-0.2, -0.15) is 0 Å². The lowest BCUT2D eigenvalue weighted by atomic mass is 10.1. The van der Waals surface area contributed by atoms with Crippen molar-refractivity contribution in [2.45, 2.75) is 25.8 Å². The molecular formula is C14H23N3O2. The van der Waals surface area contributed by atoms with Gasteiger partial charge in [-0.15, -0.1) is 0 Å². The number of hydrogen-bond donors (Lipinski definition) is 3. The molecule has 1 aromatic rings. The number of nitrogens with one attached hydrogen (secondary N) is 1. The van der Waals surface area contributed by atoms with E-state index in [4.69, 9.17) is 15.7 Å². The molecule has 19 heavy (non-hydrogen) atoms. The van der Waals surface area contributed by atoms with Gasteiger partial charge in [0.1, 0.15) is 0 Å². The number of ether oxygens (including phenoxy) is 1. The van der Waals surface area contributed by atoms with Crippen LogP contribution in [-0.4, -0.2) is 31.3 Å². The lowest BCUT2D eigenvalue weighted by Gasteiger charge is -2.06. The standard InChI is InChI=1S/C14H23N3O2/c1-19-9-4-2-3-8-16-11-12-6-5-7-13(10-12)14(15)17-18/h5-7,10,16,18H,2-4,8-9,11H2,1H3,(H2,15,17). The molecule has 5 heteroatoms. The van der Waals surface area contributed by atoms with Gasteiger partial charge in [-0.1, -0.05) is 23.4 Å². The van der Waals surface area contributed by atoms with Crippen molar-refractivity contribution in [2.75, 3.05) is 20.3 Å². The molecule has 0 saturated carbocycles. The van der Waals surface area contributed by atoms with Gasteiger partial charge in [0.2, 0.25) is 0 Å². The van der Waals surface area contributed by atoms with Crippen molar-refractivity contribution >= 4 is 5.84 Å². The molecule has 1 aromatic carbocycles. The third kappa shape index (κ3) is 6.22. The van der Waals surface area contributed by atoms with Gasteiger partial charge in [0.05, 0.1) is 0 Å². The molecule has 0 atom stereocenters. The summed E-state index contributed by atoms with van der Waals surface area (Å²) in [6.45, 7) is 2.61. The Bertz CT molecular complexity index is 394. The SMILES string of the molecule is COCCCCCNCc1cccc(/C(N)=N/O)c1. The van der Waals surface area contributed by atoms with Gasteiger partial charge >= 0.3 is 0 Å². The second-order valence-corrected chi connectivity index (χ2v) is 4.42. The Labute approximate surface area is 114 Å².